The first kappa shape index (κ1) is 24.4. The summed E-state index contributed by atoms with van der Waals surface area (Å²) >= 11 is 0. The number of halogens is 3. The largest absolute Gasteiger partial charge is 0.497 e. The van der Waals surface area contributed by atoms with Gasteiger partial charge in [0.15, 0.2) is 0 Å². The van der Waals surface area contributed by atoms with Crippen LogP contribution >= 0.6 is 0 Å². The first-order valence-electron chi connectivity index (χ1n) is 9.95. The van der Waals surface area contributed by atoms with Crippen molar-refractivity contribution < 1.29 is 37.3 Å². The molecule has 0 heterocycles. The Balaban J connectivity index is 1.72. The zero-order valence-electron chi connectivity index (χ0n) is 17.9. The monoisotopic (exact) mass is 471 g/mol. The van der Waals surface area contributed by atoms with Gasteiger partial charge in [0.1, 0.15) is 23.8 Å². The van der Waals surface area contributed by atoms with Crippen LogP contribution in [0.3, 0.4) is 0 Å². The fraction of sp³-hybridized carbons (Fsp3) is 0.120. The van der Waals surface area contributed by atoms with E-state index in [1.54, 1.807) is 31.4 Å². The summed E-state index contributed by atoms with van der Waals surface area (Å²) in [6.45, 7) is 0.279. The van der Waals surface area contributed by atoms with E-state index >= 15 is 0 Å². The molecule has 0 aliphatic rings. The molecular formula is C25H20F3NO5. The third kappa shape index (κ3) is 6.38. The lowest BCUT2D eigenvalue weighted by Gasteiger charge is -2.13. The van der Waals surface area contributed by atoms with E-state index in [1.807, 2.05) is 29.6 Å². The summed E-state index contributed by atoms with van der Waals surface area (Å²) in [6, 6.07) is 17.8. The minimum atomic E-state index is -4.76. The average molecular weight is 471 g/mol. The number of amides is 1. The molecule has 1 amide bonds. The molecule has 3 aromatic carbocycles. The topological polar surface area (TPSA) is 84.9 Å². The van der Waals surface area contributed by atoms with Gasteiger partial charge < -0.3 is 19.9 Å². The highest BCUT2D eigenvalue weighted by molar-refractivity contribution is 6.03. The molecule has 0 aliphatic carbocycles. The molecule has 9 heteroatoms. The van der Waals surface area contributed by atoms with Crippen LogP contribution < -0.4 is 14.8 Å². The van der Waals surface area contributed by atoms with Crippen LogP contribution in [0.5, 0.6) is 11.5 Å². The van der Waals surface area contributed by atoms with Crippen LogP contribution in [0.25, 0.3) is 6.08 Å². The fourth-order valence-corrected chi connectivity index (χ4v) is 3.03. The van der Waals surface area contributed by atoms with Gasteiger partial charge in [-0.15, -0.1) is 0 Å². The maximum Gasteiger partial charge on any atom is 0.417 e. The van der Waals surface area contributed by atoms with Gasteiger partial charge >= 0.3 is 12.1 Å². The van der Waals surface area contributed by atoms with Crippen LogP contribution in [0.1, 0.15) is 27.0 Å². The third-order valence-corrected chi connectivity index (χ3v) is 4.69. The van der Waals surface area contributed by atoms with Gasteiger partial charge in [-0.2, -0.15) is 13.2 Å². The second-order valence-electron chi connectivity index (χ2n) is 7.07. The number of benzene rings is 3. The van der Waals surface area contributed by atoms with Crippen molar-refractivity contribution in [1.82, 2.24) is 5.32 Å². The second-order valence-corrected chi connectivity index (χ2v) is 7.07. The maximum atomic E-state index is 13.2. The van der Waals surface area contributed by atoms with Crippen molar-refractivity contribution in [2.75, 3.05) is 7.11 Å². The van der Waals surface area contributed by atoms with Crippen LogP contribution in [0.4, 0.5) is 13.2 Å². The average Bonchev–Trinajstić information content (AvgIpc) is 2.82. The number of hydrogen-bond acceptors (Lipinski definition) is 4. The number of carboxylic acids is 1. The molecule has 176 valence electrons. The molecule has 0 radical (unpaired) electrons. The summed E-state index contributed by atoms with van der Waals surface area (Å²) in [6.07, 6.45) is -3.62. The molecule has 0 saturated heterocycles. The van der Waals surface area contributed by atoms with Crippen LogP contribution in [0, 0.1) is 0 Å². The lowest BCUT2D eigenvalue weighted by atomic mass is 10.1. The number of alkyl halides is 3. The SMILES string of the molecule is COc1cccc(COc2ccc(C=C(NC(=O)c3ccccc3C(F)(F)F)C(=O)O)cc2)c1. The number of methoxy groups -OCH3 is 1. The Kier molecular flexibility index (Phi) is 7.57. The van der Waals surface area contributed by atoms with E-state index in [1.165, 1.54) is 6.07 Å². The Morgan fingerprint density at radius 1 is 0.971 bits per heavy atom. The second kappa shape index (κ2) is 10.6. The number of aliphatic carboxylic acids is 1. The predicted molar refractivity (Wildman–Crippen MR) is 118 cm³/mol. The molecule has 0 saturated carbocycles. The van der Waals surface area contributed by atoms with E-state index in [2.05, 4.69) is 0 Å². The highest BCUT2D eigenvalue weighted by Gasteiger charge is 2.35. The van der Waals surface area contributed by atoms with E-state index in [4.69, 9.17) is 9.47 Å². The van der Waals surface area contributed by atoms with Gasteiger partial charge in [0.25, 0.3) is 5.91 Å². The van der Waals surface area contributed by atoms with E-state index in [-0.39, 0.29) is 6.61 Å². The summed E-state index contributed by atoms with van der Waals surface area (Å²) in [5.74, 6) is -1.47. The smallest absolute Gasteiger partial charge is 0.417 e. The van der Waals surface area contributed by atoms with Gasteiger partial charge in [0.05, 0.1) is 18.2 Å². The first-order chi connectivity index (χ1) is 16.2. The van der Waals surface area contributed by atoms with Gasteiger partial charge in [-0.05, 0) is 53.6 Å². The van der Waals surface area contributed by atoms with Gasteiger partial charge in [-0.1, -0.05) is 36.4 Å². The molecule has 0 atom stereocenters. The summed E-state index contributed by atoms with van der Waals surface area (Å²) in [5, 5.41) is 11.5. The van der Waals surface area contributed by atoms with Gasteiger partial charge in [0, 0.05) is 0 Å². The number of nitrogens with one attached hydrogen (secondary N) is 1. The number of rotatable bonds is 8. The van der Waals surface area contributed by atoms with E-state index in [0.29, 0.717) is 17.1 Å². The predicted octanol–water partition coefficient (Wildman–Crippen LogP) is 5.15. The molecule has 3 aromatic rings. The van der Waals surface area contributed by atoms with Crippen molar-refractivity contribution in [2.45, 2.75) is 12.8 Å². The molecule has 6 nitrogen and oxygen atoms in total. The molecule has 0 bridgehead atoms. The number of hydrogen-bond donors (Lipinski definition) is 2. The third-order valence-electron chi connectivity index (χ3n) is 4.69. The molecule has 0 spiro atoms. The minimum absolute atomic E-state index is 0.279. The Labute approximate surface area is 193 Å². The molecule has 34 heavy (non-hydrogen) atoms. The highest BCUT2D eigenvalue weighted by atomic mass is 19.4. The van der Waals surface area contributed by atoms with E-state index < -0.39 is 34.9 Å². The molecule has 0 fully saturated rings. The number of carbonyl (C=O) groups excluding carboxylic acids is 1. The van der Waals surface area contributed by atoms with Crippen molar-refractivity contribution >= 4 is 18.0 Å². The Morgan fingerprint density at radius 3 is 2.32 bits per heavy atom. The van der Waals surface area contributed by atoms with Crippen LogP contribution in [0.2, 0.25) is 0 Å². The van der Waals surface area contributed by atoms with Gasteiger partial charge in [-0.25, -0.2) is 4.79 Å². The standard InChI is InChI=1S/C25H20F3NO5/c1-33-19-6-4-5-17(13-19)15-34-18-11-9-16(10-12-18)14-22(24(31)32)29-23(30)20-7-2-3-8-21(20)25(26,27)28/h2-14H,15H2,1H3,(H,29,30)(H,31,32). The lowest BCUT2D eigenvalue weighted by molar-refractivity contribution is -0.138. The minimum Gasteiger partial charge on any atom is -0.497 e. The van der Waals surface area contributed by atoms with Crippen LogP contribution in [-0.4, -0.2) is 24.1 Å². The van der Waals surface area contributed by atoms with Crippen LogP contribution in [0.15, 0.2) is 78.5 Å². The van der Waals surface area contributed by atoms with Crippen molar-refractivity contribution in [2.24, 2.45) is 0 Å². The maximum absolute atomic E-state index is 13.2. The number of ether oxygens (including phenoxy) is 2. The number of carboxylic acid groups (broad SMARTS) is 1. The normalized spacial score (nSPS) is 11.6. The zero-order chi connectivity index (χ0) is 24.7. The fourth-order valence-electron chi connectivity index (χ4n) is 3.03. The Hall–Kier alpha value is -4.27. The van der Waals surface area contributed by atoms with Crippen molar-refractivity contribution in [3.8, 4) is 11.5 Å². The Bertz CT molecular complexity index is 1200. The summed E-state index contributed by atoms with van der Waals surface area (Å²) in [7, 11) is 1.56. The summed E-state index contributed by atoms with van der Waals surface area (Å²) in [5.41, 5.74) is -1.13. The molecule has 2 N–H and O–H groups in total. The van der Waals surface area contributed by atoms with Gasteiger partial charge in [-0.3, -0.25) is 4.79 Å². The number of carbonyl (C=O) groups is 2. The quantitative estimate of drug-likeness (QED) is 0.444. The lowest BCUT2D eigenvalue weighted by Crippen LogP contribution is -2.29. The first-order valence-corrected chi connectivity index (χ1v) is 9.95. The highest BCUT2D eigenvalue weighted by Crippen LogP contribution is 2.32. The molecule has 0 aliphatic heterocycles. The molecule has 3 rings (SSSR count). The summed E-state index contributed by atoms with van der Waals surface area (Å²) < 4.78 is 50.4. The molecular weight excluding hydrogens is 451 g/mol. The van der Waals surface area contributed by atoms with Crippen LogP contribution in [-0.2, 0) is 17.6 Å². The van der Waals surface area contributed by atoms with E-state index in [9.17, 15) is 27.9 Å². The Morgan fingerprint density at radius 2 is 1.68 bits per heavy atom. The van der Waals surface area contributed by atoms with Crippen molar-refractivity contribution in [1.29, 1.82) is 0 Å². The molecule has 0 aromatic heterocycles. The van der Waals surface area contributed by atoms with E-state index in [0.717, 1.165) is 29.8 Å². The van der Waals surface area contributed by atoms with Crippen molar-refractivity contribution in [3.63, 3.8) is 0 Å². The van der Waals surface area contributed by atoms with Crippen molar-refractivity contribution in [3.05, 3.63) is 101 Å². The molecule has 0 unspecified atom stereocenters. The summed E-state index contributed by atoms with van der Waals surface area (Å²) in [4.78, 5) is 24.0. The zero-order valence-corrected chi connectivity index (χ0v) is 17.9. The van der Waals surface area contributed by atoms with Gasteiger partial charge in [0.2, 0.25) is 0 Å².